The molecule has 0 saturated heterocycles. The van der Waals surface area contributed by atoms with E-state index in [1.165, 1.54) is 24.1 Å². The lowest BCUT2D eigenvalue weighted by Crippen LogP contribution is -2.47. The van der Waals surface area contributed by atoms with Crippen molar-refractivity contribution < 1.29 is 17.7 Å². The van der Waals surface area contributed by atoms with Gasteiger partial charge in [-0.3, -0.25) is 0 Å². The summed E-state index contributed by atoms with van der Waals surface area (Å²) in [5, 5.41) is 23.8. The van der Waals surface area contributed by atoms with E-state index in [9.17, 15) is 13.2 Å². The Labute approximate surface area is 112 Å². The van der Waals surface area contributed by atoms with Gasteiger partial charge in [-0.05, 0) is 20.8 Å². The third-order valence-electron chi connectivity index (χ3n) is 3.36. The lowest BCUT2D eigenvalue weighted by molar-refractivity contribution is -0.904. The molecule has 0 aliphatic carbocycles. The number of hydrogen-bond donors (Lipinski definition) is 0. The molecule has 0 rings (SSSR count). The normalized spacial score (nSPS) is 11.4. The molecule has 0 radical (unpaired) electrons. The Balaban J connectivity index is 0. The molecule has 0 spiro atoms. The summed E-state index contributed by atoms with van der Waals surface area (Å²) in [4.78, 5) is 0. The van der Waals surface area contributed by atoms with Gasteiger partial charge in [0.15, 0.2) is 0 Å². The molecule has 0 bridgehead atoms. The van der Waals surface area contributed by atoms with E-state index in [1.807, 2.05) is 0 Å². The van der Waals surface area contributed by atoms with Gasteiger partial charge in [0.2, 0.25) is 0 Å². The summed E-state index contributed by atoms with van der Waals surface area (Å²) >= 11 is 0. The number of nitrogens with zero attached hydrogens (tertiary/aromatic N) is 4. The summed E-state index contributed by atoms with van der Waals surface area (Å²) in [7, 11) is 2.29. The lowest BCUT2D eigenvalue weighted by Gasteiger charge is -2.30. The average molecular weight is 274 g/mol. The van der Waals surface area contributed by atoms with Crippen LogP contribution in [0.2, 0.25) is 0 Å². The topological polar surface area (TPSA) is 71.4 Å². The van der Waals surface area contributed by atoms with Gasteiger partial charge in [0.25, 0.3) is 6.08 Å². The number of nitriles is 3. The predicted molar refractivity (Wildman–Crippen MR) is 66.5 cm³/mol. The Bertz CT molecular complexity index is 352. The van der Waals surface area contributed by atoms with Gasteiger partial charge in [-0.15, -0.1) is 17.9 Å². The van der Waals surface area contributed by atoms with Crippen LogP contribution in [-0.4, -0.2) is 43.4 Å². The summed E-state index contributed by atoms with van der Waals surface area (Å²) in [5.41, 5.74) is 0. The van der Waals surface area contributed by atoms with Crippen molar-refractivity contribution >= 4 is 6.15 Å². The number of quaternary nitrogens is 1. The second-order valence-corrected chi connectivity index (χ2v) is 4.36. The molecule has 0 fully saturated rings. The maximum absolute atomic E-state index is 11.7. The molecule has 0 heterocycles. The van der Waals surface area contributed by atoms with E-state index in [2.05, 4.69) is 27.8 Å². The van der Waals surface area contributed by atoms with Crippen LogP contribution in [0, 0.1) is 33.7 Å². The maximum Gasteiger partial charge on any atom is 0.401 e. The van der Waals surface area contributed by atoms with Crippen molar-refractivity contribution in [1.82, 2.24) is 0 Å². The molecule has 0 saturated carbocycles. The molecule has 0 aliphatic heterocycles. The monoisotopic (exact) mass is 274 g/mol. The van der Waals surface area contributed by atoms with Crippen molar-refractivity contribution in [2.45, 2.75) is 26.8 Å². The number of hydrogen-bond acceptors (Lipinski definition) is 3. The molecule has 0 aromatic carbocycles. The average Bonchev–Trinajstić information content (AvgIpc) is 2.39. The first-order chi connectivity index (χ1) is 8.61. The SMILES string of the molecule is CC[N+](C)(CC)CC.N#C[B-](C#N)(C#N)C(F)(F)F. The van der Waals surface area contributed by atoms with E-state index in [0.29, 0.717) is 17.9 Å². The van der Waals surface area contributed by atoms with E-state index >= 15 is 0 Å². The minimum absolute atomic E-state index is 0.670. The number of rotatable bonds is 3. The van der Waals surface area contributed by atoms with Crippen LogP contribution in [0.5, 0.6) is 0 Å². The molecule has 0 amide bonds. The quantitative estimate of drug-likeness (QED) is 0.585. The van der Waals surface area contributed by atoms with Crippen LogP contribution in [0.4, 0.5) is 13.2 Å². The van der Waals surface area contributed by atoms with E-state index < -0.39 is 12.2 Å². The molecule has 19 heavy (non-hydrogen) atoms. The molecule has 8 heteroatoms. The Hall–Kier alpha value is -1.72. The van der Waals surface area contributed by atoms with Crippen molar-refractivity contribution in [3.63, 3.8) is 0 Å². The van der Waals surface area contributed by atoms with Gasteiger partial charge >= 0.3 is 6.15 Å². The van der Waals surface area contributed by atoms with Crippen LogP contribution < -0.4 is 0 Å². The van der Waals surface area contributed by atoms with Gasteiger partial charge in [-0.2, -0.15) is 0 Å². The zero-order valence-corrected chi connectivity index (χ0v) is 11.6. The first-order valence-corrected chi connectivity index (χ1v) is 5.91. The highest BCUT2D eigenvalue weighted by atomic mass is 19.4. The van der Waals surface area contributed by atoms with Crippen LogP contribution in [0.15, 0.2) is 0 Å². The Morgan fingerprint density at radius 1 is 0.895 bits per heavy atom. The molecular formula is C11H18BF3N4. The van der Waals surface area contributed by atoms with Crippen LogP contribution in [0.1, 0.15) is 20.8 Å². The fourth-order valence-corrected chi connectivity index (χ4v) is 0.977. The minimum Gasteiger partial charge on any atom is -0.327 e. The molecule has 0 aromatic rings. The zero-order chi connectivity index (χ0) is 15.7. The highest BCUT2D eigenvalue weighted by molar-refractivity contribution is 7.00. The smallest absolute Gasteiger partial charge is 0.327 e. The van der Waals surface area contributed by atoms with Crippen LogP contribution in [0.25, 0.3) is 0 Å². The molecule has 0 aromatic heterocycles. The third kappa shape index (κ3) is 5.20. The van der Waals surface area contributed by atoms with Gasteiger partial charge < -0.3 is 4.48 Å². The van der Waals surface area contributed by atoms with Crippen LogP contribution in [-0.2, 0) is 0 Å². The summed E-state index contributed by atoms with van der Waals surface area (Å²) < 4.78 is 36.4. The number of alkyl halides is 3. The second kappa shape index (κ2) is 7.66. The van der Waals surface area contributed by atoms with Crippen molar-refractivity contribution in [3.8, 4) is 17.9 Å². The second-order valence-electron chi connectivity index (χ2n) is 4.36. The summed E-state index contributed by atoms with van der Waals surface area (Å²) in [6.07, 6.45) is -9.24. The van der Waals surface area contributed by atoms with Crippen LogP contribution >= 0.6 is 0 Å². The molecule has 0 atom stereocenters. The standard InChI is InChI=1S/C7H18N.C4BF3N3/c1-5-8(4,6-2)7-3;6-4(7,8)5(1-9,2-10)3-11/h5-7H2,1-4H3;/q+1;-1. The van der Waals surface area contributed by atoms with E-state index in [0.717, 1.165) is 0 Å². The Morgan fingerprint density at radius 2 is 1.16 bits per heavy atom. The molecule has 0 unspecified atom stereocenters. The van der Waals surface area contributed by atoms with Gasteiger partial charge in [-0.25, -0.2) is 29.0 Å². The molecule has 4 nitrogen and oxygen atoms in total. The van der Waals surface area contributed by atoms with Crippen molar-refractivity contribution in [3.05, 3.63) is 0 Å². The highest BCUT2D eigenvalue weighted by Crippen LogP contribution is 2.26. The van der Waals surface area contributed by atoms with Crippen molar-refractivity contribution in [2.75, 3.05) is 26.7 Å². The Morgan fingerprint density at radius 3 is 1.16 bits per heavy atom. The molecule has 0 N–H and O–H groups in total. The first-order valence-electron chi connectivity index (χ1n) is 5.91. The summed E-state index contributed by atoms with van der Waals surface area (Å²) in [6.45, 7) is 10.5. The number of halogens is 3. The van der Waals surface area contributed by atoms with E-state index in [1.54, 1.807) is 0 Å². The van der Waals surface area contributed by atoms with E-state index in [-0.39, 0.29) is 0 Å². The molecule has 0 aliphatic rings. The van der Waals surface area contributed by atoms with Gasteiger partial charge in [-0.1, -0.05) is 0 Å². The van der Waals surface area contributed by atoms with Crippen molar-refractivity contribution in [2.24, 2.45) is 0 Å². The fourth-order valence-electron chi connectivity index (χ4n) is 0.977. The maximum atomic E-state index is 11.7. The van der Waals surface area contributed by atoms with Gasteiger partial charge in [0.05, 0.1) is 26.7 Å². The molecule has 106 valence electrons. The van der Waals surface area contributed by atoms with Gasteiger partial charge in [0, 0.05) is 0 Å². The highest BCUT2D eigenvalue weighted by Gasteiger charge is 2.51. The lowest BCUT2D eigenvalue weighted by atomic mass is 9.28. The first kappa shape index (κ1) is 19.6. The summed E-state index contributed by atoms with van der Waals surface area (Å²) in [6, 6.07) is 0. The predicted octanol–water partition coefficient (Wildman–Crippen LogP) is 2.22. The Kier molecular flexibility index (Phi) is 7.91. The van der Waals surface area contributed by atoms with Gasteiger partial charge in [0.1, 0.15) is 0 Å². The zero-order valence-electron chi connectivity index (χ0n) is 11.6. The van der Waals surface area contributed by atoms with Crippen LogP contribution in [0.3, 0.4) is 0 Å². The van der Waals surface area contributed by atoms with Crippen molar-refractivity contribution in [1.29, 1.82) is 15.8 Å². The largest absolute Gasteiger partial charge is 0.401 e. The molecular weight excluding hydrogens is 256 g/mol. The fraction of sp³-hybridized carbons (Fsp3) is 0.727. The third-order valence-corrected chi connectivity index (χ3v) is 3.36. The summed E-state index contributed by atoms with van der Waals surface area (Å²) in [5.74, 6) is 2.01. The van der Waals surface area contributed by atoms with E-state index in [4.69, 9.17) is 15.8 Å². The minimum atomic E-state index is -5.06.